The fourth-order valence-corrected chi connectivity index (χ4v) is 2.70. The second-order valence-corrected chi connectivity index (χ2v) is 5.72. The lowest BCUT2D eigenvalue weighted by atomic mass is 10.2. The smallest absolute Gasteiger partial charge is 0.244 e. The van der Waals surface area contributed by atoms with Crippen LogP contribution in [-0.4, -0.2) is 23.6 Å². The number of hydrogen-bond donors (Lipinski definition) is 2. The Hall–Kier alpha value is -1.73. The number of hydrogen-bond acceptors (Lipinski definition) is 4. The van der Waals surface area contributed by atoms with Crippen LogP contribution in [0.25, 0.3) is 0 Å². The van der Waals surface area contributed by atoms with Crippen molar-refractivity contribution in [1.82, 2.24) is 19.9 Å². The first kappa shape index (κ1) is 12.7. The van der Waals surface area contributed by atoms with Gasteiger partial charge in [0.1, 0.15) is 4.90 Å². The van der Waals surface area contributed by atoms with E-state index in [0.717, 1.165) is 11.1 Å². The number of pyridine rings is 1. The van der Waals surface area contributed by atoms with E-state index in [4.69, 9.17) is 0 Å². The van der Waals surface area contributed by atoms with Gasteiger partial charge in [-0.15, -0.1) is 0 Å². The quantitative estimate of drug-likeness (QED) is 0.860. The van der Waals surface area contributed by atoms with Crippen LogP contribution in [0.4, 0.5) is 0 Å². The highest BCUT2D eigenvalue weighted by Gasteiger charge is 2.18. The van der Waals surface area contributed by atoms with Crippen molar-refractivity contribution in [3.05, 3.63) is 41.5 Å². The zero-order chi connectivity index (χ0) is 13.2. The Morgan fingerprint density at radius 3 is 2.72 bits per heavy atom. The van der Waals surface area contributed by atoms with Crippen LogP contribution in [0.1, 0.15) is 16.8 Å². The minimum Gasteiger partial charge on any atom is -0.281 e. The van der Waals surface area contributed by atoms with Crippen LogP contribution in [0.3, 0.4) is 0 Å². The fraction of sp³-hybridized carbons (Fsp3) is 0.273. The van der Waals surface area contributed by atoms with E-state index in [9.17, 15) is 8.42 Å². The molecule has 2 aromatic heterocycles. The molecule has 0 atom stereocenters. The van der Waals surface area contributed by atoms with Gasteiger partial charge in [0.2, 0.25) is 10.0 Å². The predicted molar refractivity (Wildman–Crippen MR) is 66.3 cm³/mol. The van der Waals surface area contributed by atoms with E-state index in [-0.39, 0.29) is 11.4 Å². The summed E-state index contributed by atoms with van der Waals surface area (Å²) in [5.74, 6) is 0. The number of aromatic amines is 1. The normalized spacial score (nSPS) is 11.7. The number of nitrogens with zero attached hydrogens (tertiary/aromatic N) is 2. The first-order valence-electron chi connectivity index (χ1n) is 5.40. The summed E-state index contributed by atoms with van der Waals surface area (Å²) >= 11 is 0. The largest absolute Gasteiger partial charge is 0.281 e. The van der Waals surface area contributed by atoms with Gasteiger partial charge in [0.15, 0.2) is 0 Å². The van der Waals surface area contributed by atoms with Gasteiger partial charge >= 0.3 is 0 Å². The maximum absolute atomic E-state index is 12.0. The van der Waals surface area contributed by atoms with Crippen LogP contribution in [0, 0.1) is 13.8 Å². The summed E-state index contributed by atoms with van der Waals surface area (Å²) in [5.41, 5.74) is 2.37. The predicted octanol–water partition coefficient (Wildman–Crippen LogP) is 0.900. The van der Waals surface area contributed by atoms with Gasteiger partial charge in [-0.05, 0) is 31.0 Å². The number of aromatic nitrogens is 3. The van der Waals surface area contributed by atoms with Crippen LogP contribution in [0.2, 0.25) is 0 Å². The van der Waals surface area contributed by atoms with Crippen LogP contribution < -0.4 is 4.72 Å². The lowest BCUT2D eigenvalue weighted by Crippen LogP contribution is -2.24. The zero-order valence-corrected chi connectivity index (χ0v) is 11.0. The Balaban J connectivity index is 2.16. The van der Waals surface area contributed by atoms with Crippen LogP contribution in [0.15, 0.2) is 29.6 Å². The Labute approximate surface area is 106 Å². The van der Waals surface area contributed by atoms with Gasteiger partial charge in [0.25, 0.3) is 0 Å². The molecule has 0 saturated heterocycles. The number of aryl methyl sites for hydroxylation is 2. The van der Waals surface area contributed by atoms with E-state index in [1.807, 2.05) is 6.92 Å². The summed E-state index contributed by atoms with van der Waals surface area (Å²) in [6, 6.07) is 1.79. The molecule has 7 heteroatoms. The van der Waals surface area contributed by atoms with Crippen molar-refractivity contribution in [2.45, 2.75) is 25.3 Å². The van der Waals surface area contributed by atoms with Gasteiger partial charge in [0.05, 0.1) is 11.9 Å². The van der Waals surface area contributed by atoms with Crippen molar-refractivity contribution in [3.8, 4) is 0 Å². The van der Waals surface area contributed by atoms with E-state index in [2.05, 4.69) is 19.9 Å². The standard InChI is InChI=1S/C11H14N4O2S/c1-8-5-12-4-3-10(8)6-14-18(16,17)11-7-13-15-9(11)2/h3-5,7,14H,6H2,1-2H3,(H,13,15). The van der Waals surface area contributed by atoms with E-state index in [1.165, 1.54) is 6.20 Å². The third-order valence-corrected chi connectivity index (χ3v) is 4.18. The Bertz CT molecular complexity index is 649. The van der Waals surface area contributed by atoms with Crippen LogP contribution in [0.5, 0.6) is 0 Å². The minimum absolute atomic E-state index is 0.175. The maximum atomic E-state index is 12.0. The Morgan fingerprint density at radius 2 is 2.11 bits per heavy atom. The highest BCUT2D eigenvalue weighted by Crippen LogP contribution is 2.12. The fourth-order valence-electron chi connectivity index (χ4n) is 1.56. The number of H-pyrrole nitrogens is 1. The van der Waals surface area contributed by atoms with E-state index < -0.39 is 10.0 Å². The molecule has 2 aromatic rings. The molecular formula is C11H14N4O2S. The molecule has 2 heterocycles. The van der Waals surface area contributed by atoms with Gasteiger partial charge in [-0.25, -0.2) is 13.1 Å². The SMILES string of the molecule is Cc1cnccc1CNS(=O)(=O)c1cn[nH]c1C. The number of sulfonamides is 1. The highest BCUT2D eigenvalue weighted by molar-refractivity contribution is 7.89. The topological polar surface area (TPSA) is 87.7 Å². The minimum atomic E-state index is -3.53. The average Bonchev–Trinajstić information content (AvgIpc) is 2.75. The molecule has 0 amide bonds. The Morgan fingerprint density at radius 1 is 1.33 bits per heavy atom. The lowest BCUT2D eigenvalue weighted by Gasteiger charge is -2.07. The third-order valence-electron chi connectivity index (χ3n) is 2.66. The summed E-state index contributed by atoms with van der Waals surface area (Å²) in [6.45, 7) is 3.79. The van der Waals surface area contributed by atoms with Crippen molar-refractivity contribution in [2.75, 3.05) is 0 Å². The first-order valence-corrected chi connectivity index (χ1v) is 6.88. The summed E-state index contributed by atoms with van der Waals surface area (Å²) in [5, 5.41) is 6.31. The monoisotopic (exact) mass is 266 g/mol. The molecule has 96 valence electrons. The summed E-state index contributed by atoms with van der Waals surface area (Å²) in [6.07, 6.45) is 4.64. The molecule has 0 saturated carbocycles. The van der Waals surface area contributed by atoms with Crippen molar-refractivity contribution in [3.63, 3.8) is 0 Å². The number of rotatable bonds is 4. The average molecular weight is 266 g/mol. The molecular weight excluding hydrogens is 252 g/mol. The molecule has 0 bridgehead atoms. The molecule has 0 aliphatic rings. The Kier molecular flexibility index (Phi) is 3.44. The van der Waals surface area contributed by atoms with E-state index in [1.54, 1.807) is 25.4 Å². The van der Waals surface area contributed by atoms with Crippen molar-refractivity contribution < 1.29 is 8.42 Å². The summed E-state index contributed by atoms with van der Waals surface area (Å²) < 4.78 is 26.6. The summed E-state index contributed by atoms with van der Waals surface area (Å²) in [7, 11) is -3.53. The van der Waals surface area contributed by atoms with Gasteiger partial charge < -0.3 is 0 Å². The van der Waals surface area contributed by atoms with Crippen molar-refractivity contribution >= 4 is 10.0 Å². The molecule has 0 aromatic carbocycles. The summed E-state index contributed by atoms with van der Waals surface area (Å²) in [4.78, 5) is 4.14. The van der Waals surface area contributed by atoms with Gasteiger partial charge in [0, 0.05) is 18.9 Å². The molecule has 0 aliphatic carbocycles. The van der Waals surface area contributed by atoms with Gasteiger partial charge in [-0.2, -0.15) is 5.10 Å². The molecule has 0 fully saturated rings. The van der Waals surface area contributed by atoms with Crippen molar-refractivity contribution in [1.29, 1.82) is 0 Å². The maximum Gasteiger partial charge on any atom is 0.244 e. The van der Waals surface area contributed by atoms with Crippen LogP contribution >= 0.6 is 0 Å². The van der Waals surface area contributed by atoms with Gasteiger partial charge in [-0.1, -0.05) is 0 Å². The third kappa shape index (κ3) is 2.57. The van der Waals surface area contributed by atoms with E-state index >= 15 is 0 Å². The second-order valence-electron chi connectivity index (χ2n) is 3.99. The van der Waals surface area contributed by atoms with Crippen LogP contribution in [-0.2, 0) is 16.6 Å². The van der Waals surface area contributed by atoms with Gasteiger partial charge in [-0.3, -0.25) is 10.1 Å². The molecule has 0 radical (unpaired) electrons. The molecule has 2 rings (SSSR count). The molecule has 6 nitrogen and oxygen atoms in total. The molecule has 18 heavy (non-hydrogen) atoms. The first-order chi connectivity index (χ1) is 8.50. The van der Waals surface area contributed by atoms with E-state index in [0.29, 0.717) is 5.69 Å². The number of nitrogens with one attached hydrogen (secondary N) is 2. The second kappa shape index (κ2) is 4.87. The molecule has 0 spiro atoms. The molecule has 2 N–H and O–H groups in total. The highest BCUT2D eigenvalue weighted by atomic mass is 32.2. The lowest BCUT2D eigenvalue weighted by molar-refractivity contribution is 0.580. The molecule has 0 aliphatic heterocycles. The van der Waals surface area contributed by atoms with Crippen molar-refractivity contribution in [2.24, 2.45) is 0 Å². The zero-order valence-electron chi connectivity index (χ0n) is 10.1. The molecule has 0 unspecified atom stereocenters.